The SMILES string of the molecule is CN(C(=S)SNc1ccc([N+](=O)[O-])cc1[N+](=O)[O-])C1CCS(=O)(=O)C1. The van der Waals surface area contributed by atoms with Gasteiger partial charge in [-0.15, -0.1) is 0 Å². The Morgan fingerprint density at radius 3 is 2.56 bits per heavy atom. The van der Waals surface area contributed by atoms with Gasteiger partial charge in [-0.2, -0.15) is 0 Å². The number of non-ortho nitro benzene ring substituents is 1. The minimum Gasteiger partial charge on any atom is -0.355 e. The summed E-state index contributed by atoms with van der Waals surface area (Å²) in [6.45, 7) is 0. The van der Waals surface area contributed by atoms with E-state index < -0.39 is 31.1 Å². The van der Waals surface area contributed by atoms with Crippen LogP contribution >= 0.6 is 24.2 Å². The largest absolute Gasteiger partial charge is 0.355 e. The molecule has 1 heterocycles. The molecule has 10 nitrogen and oxygen atoms in total. The first-order chi connectivity index (χ1) is 11.6. The van der Waals surface area contributed by atoms with E-state index in [0.717, 1.165) is 24.1 Å². The van der Waals surface area contributed by atoms with Crippen molar-refractivity contribution in [1.82, 2.24) is 4.90 Å². The quantitative estimate of drug-likeness (QED) is 0.334. The molecule has 0 amide bonds. The summed E-state index contributed by atoms with van der Waals surface area (Å²) in [6, 6.07) is 3.00. The molecule has 0 bridgehead atoms. The Hall–Kier alpha value is -1.99. The molecule has 0 saturated carbocycles. The monoisotopic (exact) mass is 406 g/mol. The highest BCUT2D eigenvalue weighted by atomic mass is 32.2. The molecule has 1 fully saturated rings. The molecular weight excluding hydrogens is 392 g/mol. The van der Waals surface area contributed by atoms with Crippen LogP contribution < -0.4 is 4.72 Å². The van der Waals surface area contributed by atoms with Gasteiger partial charge < -0.3 is 9.62 Å². The highest BCUT2D eigenvalue weighted by Crippen LogP contribution is 2.31. The Kier molecular flexibility index (Phi) is 5.80. The minimum absolute atomic E-state index is 0.0158. The van der Waals surface area contributed by atoms with Gasteiger partial charge in [-0.05, 0) is 12.5 Å². The fourth-order valence-corrected chi connectivity index (χ4v) is 4.98. The van der Waals surface area contributed by atoms with Crippen molar-refractivity contribution >= 4 is 55.4 Å². The standard InChI is InChI=1S/C12H14N4O6S3/c1-14(9-4-5-25(21,22)7-9)12(23)24-13-10-3-2-8(15(17)18)6-11(10)16(19)20/h2-3,6,9,13H,4-5,7H2,1H3. The molecule has 25 heavy (non-hydrogen) atoms. The zero-order chi connectivity index (χ0) is 18.8. The lowest BCUT2D eigenvalue weighted by Crippen LogP contribution is -2.35. The van der Waals surface area contributed by atoms with E-state index in [4.69, 9.17) is 12.2 Å². The van der Waals surface area contributed by atoms with Crippen LogP contribution in [0.3, 0.4) is 0 Å². The van der Waals surface area contributed by atoms with E-state index in [2.05, 4.69) is 4.72 Å². The van der Waals surface area contributed by atoms with Gasteiger partial charge in [0.15, 0.2) is 14.2 Å². The van der Waals surface area contributed by atoms with Crippen LogP contribution in [0, 0.1) is 20.2 Å². The molecule has 0 aliphatic carbocycles. The number of rotatable bonds is 5. The molecule has 1 aliphatic rings. The van der Waals surface area contributed by atoms with Crippen LogP contribution in [0.4, 0.5) is 17.1 Å². The predicted molar refractivity (Wildman–Crippen MR) is 98.4 cm³/mol. The first-order valence-corrected chi connectivity index (χ1v) is 9.98. The van der Waals surface area contributed by atoms with E-state index in [1.807, 2.05) is 0 Å². The van der Waals surface area contributed by atoms with Crippen molar-refractivity contribution in [2.75, 3.05) is 23.3 Å². The van der Waals surface area contributed by atoms with Crippen LogP contribution in [-0.2, 0) is 9.84 Å². The first kappa shape index (κ1) is 19.3. The van der Waals surface area contributed by atoms with E-state index in [0.29, 0.717) is 10.7 Å². The molecule has 1 atom stereocenters. The van der Waals surface area contributed by atoms with Gasteiger partial charge in [0.25, 0.3) is 11.4 Å². The molecule has 2 rings (SSSR count). The average molecular weight is 406 g/mol. The van der Waals surface area contributed by atoms with Crippen LogP contribution in [0.1, 0.15) is 6.42 Å². The number of nitro groups is 2. The number of benzene rings is 1. The van der Waals surface area contributed by atoms with Crippen molar-refractivity contribution in [1.29, 1.82) is 0 Å². The Balaban J connectivity index is 2.06. The van der Waals surface area contributed by atoms with Crippen LogP contribution in [0.5, 0.6) is 0 Å². The highest BCUT2D eigenvalue weighted by Gasteiger charge is 2.32. The maximum Gasteiger partial charge on any atom is 0.300 e. The summed E-state index contributed by atoms with van der Waals surface area (Å²) in [5.41, 5.74) is -0.774. The molecule has 1 unspecified atom stereocenters. The molecule has 0 spiro atoms. The van der Waals surface area contributed by atoms with Crippen molar-refractivity contribution in [3.63, 3.8) is 0 Å². The van der Waals surface area contributed by atoms with Crippen molar-refractivity contribution in [2.24, 2.45) is 0 Å². The summed E-state index contributed by atoms with van der Waals surface area (Å²) >= 11 is 6.13. The van der Waals surface area contributed by atoms with Gasteiger partial charge in [-0.1, -0.05) is 12.2 Å². The number of hydrogen-bond donors (Lipinski definition) is 1. The molecule has 1 N–H and O–H groups in total. The second kappa shape index (κ2) is 7.49. The predicted octanol–water partition coefficient (Wildman–Crippen LogP) is 1.97. The lowest BCUT2D eigenvalue weighted by atomic mass is 10.2. The summed E-state index contributed by atoms with van der Waals surface area (Å²) < 4.78 is 26.1. The van der Waals surface area contributed by atoms with Crippen molar-refractivity contribution < 1.29 is 18.3 Å². The average Bonchev–Trinajstić information content (AvgIpc) is 2.91. The topological polar surface area (TPSA) is 136 Å². The number of nitrogens with zero attached hydrogens (tertiary/aromatic N) is 3. The van der Waals surface area contributed by atoms with E-state index in [1.54, 1.807) is 11.9 Å². The van der Waals surface area contributed by atoms with Gasteiger partial charge in [0.2, 0.25) is 0 Å². The number of nitrogens with one attached hydrogen (secondary N) is 1. The lowest BCUT2D eigenvalue weighted by Gasteiger charge is -2.25. The Bertz CT molecular complexity index is 828. The van der Waals surface area contributed by atoms with E-state index in [9.17, 15) is 28.6 Å². The Morgan fingerprint density at radius 2 is 2.04 bits per heavy atom. The number of anilines is 1. The van der Waals surface area contributed by atoms with E-state index in [1.165, 1.54) is 6.07 Å². The summed E-state index contributed by atoms with van der Waals surface area (Å²) in [4.78, 5) is 22.0. The maximum atomic E-state index is 11.5. The normalized spacial score (nSPS) is 18.5. The highest BCUT2D eigenvalue weighted by molar-refractivity contribution is 8.23. The van der Waals surface area contributed by atoms with Gasteiger partial charge in [-0.25, -0.2) is 8.42 Å². The second-order valence-corrected chi connectivity index (χ2v) is 9.02. The fourth-order valence-electron chi connectivity index (χ4n) is 2.27. The van der Waals surface area contributed by atoms with Crippen LogP contribution in [0.2, 0.25) is 0 Å². The van der Waals surface area contributed by atoms with Crippen molar-refractivity contribution in [3.05, 3.63) is 38.4 Å². The Morgan fingerprint density at radius 1 is 1.36 bits per heavy atom. The van der Waals surface area contributed by atoms with Crippen molar-refractivity contribution in [3.8, 4) is 0 Å². The molecule has 1 saturated heterocycles. The molecule has 13 heteroatoms. The second-order valence-electron chi connectivity index (χ2n) is 5.35. The molecule has 1 aromatic carbocycles. The van der Waals surface area contributed by atoms with Gasteiger partial charge in [0.05, 0.1) is 27.4 Å². The summed E-state index contributed by atoms with van der Waals surface area (Å²) in [7, 11) is -1.40. The third kappa shape index (κ3) is 4.76. The minimum atomic E-state index is -3.06. The van der Waals surface area contributed by atoms with Gasteiger partial charge >= 0.3 is 0 Å². The Labute approximate surface area is 152 Å². The van der Waals surface area contributed by atoms with Gasteiger partial charge in [-0.3, -0.25) is 20.2 Å². The fraction of sp³-hybridized carbons (Fsp3) is 0.417. The molecule has 0 aromatic heterocycles. The molecule has 0 radical (unpaired) electrons. The van der Waals surface area contributed by atoms with E-state index in [-0.39, 0.29) is 23.2 Å². The summed E-state index contributed by atoms with van der Waals surface area (Å²) in [5, 5.41) is 21.8. The molecule has 1 aromatic rings. The third-order valence-corrected chi connectivity index (χ3v) is 6.75. The molecular formula is C12H14N4O6S3. The summed E-state index contributed by atoms with van der Waals surface area (Å²) in [5.74, 6) is 0.123. The third-order valence-electron chi connectivity index (χ3n) is 3.68. The number of thiocarbonyl (C=S) groups is 1. The zero-order valence-corrected chi connectivity index (χ0v) is 15.4. The first-order valence-electron chi connectivity index (χ1n) is 6.93. The van der Waals surface area contributed by atoms with Gasteiger partial charge in [0, 0.05) is 31.1 Å². The van der Waals surface area contributed by atoms with Crippen molar-refractivity contribution in [2.45, 2.75) is 12.5 Å². The lowest BCUT2D eigenvalue weighted by molar-refractivity contribution is -0.393. The maximum absolute atomic E-state index is 11.5. The van der Waals surface area contributed by atoms with Crippen LogP contribution in [0.15, 0.2) is 18.2 Å². The van der Waals surface area contributed by atoms with Crippen LogP contribution in [0.25, 0.3) is 0 Å². The molecule has 1 aliphatic heterocycles. The number of nitro benzene ring substituents is 2. The van der Waals surface area contributed by atoms with Crippen LogP contribution in [-0.4, -0.2) is 52.1 Å². The number of sulfone groups is 1. The van der Waals surface area contributed by atoms with Gasteiger partial charge in [0.1, 0.15) is 5.69 Å². The summed E-state index contributed by atoms with van der Waals surface area (Å²) in [6.07, 6.45) is 0.469. The molecule has 136 valence electrons. The number of hydrogen-bond acceptors (Lipinski definition) is 9. The van der Waals surface area contributed by atoms with E-state index >= 15 is 0 Å². The smallest absolute Gasteiger partial charge is 0.300 e. The zero-order valence-electron chi connectivity index (χ0n) is 12.9.